The average Bonchev–Trinajstić information content (AvgIpc) is 2.71. The Bertz CT molecular complexity index is 618. The summed E-state index contributed by atoms with van der Waals surface area (Å²) in [7, 11) is 0. The SMILES string of the molecule is CCCCCCC/C(=C\C(=O)O)C(C)=O.CCCCCCCC(Br)(C(C)=O)C(Br)C(=O)O. The zero-order valence-electron chi connectivity index (χ0n) is 19.9. The maximum Gasteiger partial charge on any atom is 0.328 e. The minimum atomic E-state index is -1.03. The molecular weight excluding hydrogens is 544 g/mol. The highest BCUT2D eigenvalue weighted by Crippen LogP contribution is 2.35. The summed E-state index contributed by atoms with van der Waals surface area (Å²) >= 11 is 6.39. The van der Waals surface area contributed by atoms with E-state index in [1.807, 2.05) is 0 Å². The van der Waals surface area contributed by atoms with Crippen LogP contribution in [0.2, 0.25) is 0 Å². The molecular formula is C24H40Br2O6. The normalized spacial score (nSPS) is 14.0. The third-order valence-corrected chi connectivity index (χ3v) is 8.35. The minimum absolute atomic E-state index is 0.132. The number of hydrogen-bond acceptors (Lipinski definition) is 4. The van der Waals surface area contributed by atoms with Crippen LogP contribution in [0.5, 0.6) is 0 Å². The maximum atomic E-state index is 11.6. The minimum Gasteiger partial charge on any atom is -0.480 e. The van der Waals surface area contributed by atoms with Crippen molar-refractivity contribution in [2.45, 2.75) is 114 Å². The van der Waals surface area contributed by atoms with Crippen molar-refractivity contribution in [3.05, 3.63) is 11.6 Å². The van der Waals surface area contributed by atoms with Crippen LogP contribution in [0.25, 0.3) is 0 Å². The van der Waals surface area contributed by atoms with Crippen LogP contribution in [0.3, 0.4) is 0 Å². The number of carboxylic acids is 2. The number of alkyl halides is 2. The summed E-state index contributed by atoms with van der Waals surface area (Å²) in [5.41, 5.74) is 0.430. The predicted octanol–water partition coefficient (Wildman–Crippen LogP) is 6.86. The van der Waals surface area contributed by atoms with Gasteiger partial charge < -0.3 is 10.2 Å². The molecule has 0 spiro atoms. The van der Waals surface area contributed by atoms with Gasteiger partial charge in [0, 0.05) is 11.6 Å². The molecule has 0 radical (unpaired) electrons. The van der Waals surface area contributed by atoms with Gasteiger partial charge in [0.25, 0.3) is 0 Å². The van der Waals surface area contributed by atoms with E-state index >= 15 is 0 Å². The highest BCUT2D eigenvalue weighted by molar-refractivity contribution is 9.13. The molecule has 0 saturated carbocycles. The second-order valence-electron chi connectivity index (χ2n) is 8.01. The molecule has 0 bridgehead atoms. The molecule has 0 amide bonds. The Morgan fingerprint density at radius 1 is 0.844 bits per heavy atom. The molecule has 0 aliphatic rings. The van der Waals surface area contributed by atoms with Gasteiger partial charge in [-0.15, -0.1) is 0 Å². The Kier molecular flexibility index (Phi) is 20.2. The highest BCUT2D eigenvalue weighted by Gasteiger charge is 2.43. The quantitative estimate of drug-likeness (QED) is 0.110. The van der Waals surface area contributed by atoms with Gasteiger partial charge in [0.15, 0.2) is 5.78 Å². The van der Waals surface area contributed by atoms with Crippen LogP contribution in [0.4, 0.5) is 0 Å². The van der Waals surface area contributed by atoms with Gasteiger partial charge in [-0.2, -0.15) is 0 Å². The Hall–Kier alpha value is -1.02. The van der Waals surface area contributed by atoms with Gasteiger partial charge in [-0.1, -0.05) is 103 Å². The molecule has 8 heteroatoms. The van der Waals surface area contributed by atoms with Crippen LogP contribution in [0.1, 0.15) is 105 Å². The third-order valence-electron chi connectivity index (χ3n) is 5.15. The standard InChI is InChI=1S/C12H20Br2O3.C12H20O3/c1-3-4-5-6-7-8-12(14,9(2)15)10(13)11(16)17;1-3-4-5-6-7-8-11(10(2)13)9-12(14)15/h10H,3-8H2,1-2H3,(H,16,17);9H,3-8H2,1-2H3,(H,14,15)/b;11-9+. The van der Waals surface area contributed by atoms with Crippen molar-refractivity contribution in [1.29, 1.82) is 0 Å². The summed E-state index contributed by atoms with van der Waals surface area (Å²) in [6, 6.07) is 0. The zero-order valence-corrected chi connectivity index (χ0v) is 23.1. The maximum absolute atomic E-state index is 11.6. The summed E-state index contributed by atoms with van der Waals surface area (Å²) < 4.78 is -0.981. The van der Waals surface area contributed by atoms with E-state index in [0.717, 1.165) is 44.6 Å². The monoisotopic (exact) mass is 582 g/mol. The lowest BCUT2D eigenvalue weighted by molar-refractivity contribution is -0.138. The second kappa shape index (κ2) is 19.4. The molecule has 0 saturated heterocycles. The Balaban J connectivity index is 0. The van der Waals surface area contributed by atoms with Crippen LogP contribution in [0, 0.1) is 0 Å². The number of halogens is 2. The van der Waals surface area contributed by atoms with Crippen LogP contribution in [-0.2, 0) is 19.2 Å². The number of ketones is 2. The van der Waals surface area contributed by atoms with Gasteiger partial charge in [-0.25, -0.2) is 4.79 Å². The first-order chi connectivity index (χ1) is 14.9. The van der Waals surface area contributed by atoms with Crippen LogP contribution >= 0.6 is 31.9 Å². The number of unbranched alkanes of at least 4 members (excludes halogenated alkanes) is 8. The van der Waals surface area contributed by atoms with Crippen molar-refractivity contribution in [2.75, 3.05) is 0 Å². The smallest absolute Gasteiger partial charge is 0.328 e. The predicted molar refractivity (Wildman–Crippen MR) is 136 cm³/mol. The lowest BCUT2D eigenvalue weighted by Crippen LogP contribution is -2.43. The van der Waals surface area contributed by atoms with E-state index in [2.05, 4.69) is 45.7 Å². The fourth-order valence-corrected chi connectivity index (χ4v) is 4.11. The molecule has 6 nitrogen and oxygen atoms in total. The second-order valence-corrected chi connectivity index (χ2v) is 10.3. The lowest BCUT2D eigenvalue weighted by atomic mass is 9.93. The molecule has 0 aliphatic heterocycles. The number of aliphatic carboxylic acids is 2. The fourth-order valence-electron chi connectivity index (χ4n) is 3.08. The first-order valence-corrected chi connectivity index (χ1v) is 13.2. The molecule has 186 valence electrons. The number of Topliss-reactive ketones (excluding diaryl/α,β-unsaturated/α-hetero) is 2. The molecule has 0 aromatic heterocycles. The van der Waals surface area contributed by atoms with Crippen molar-refractivity contribution in [2.24, 2.45) is 0 Å². The molecule has 0 aromatic rings. The first-order valence-electron chi connectivity index (χ1n) is 11.4. The van der Waals surface area contributed by atoms with E-state index < -0.39 is 21.1 Å². The molecule has 0 heterocycles. The van der Waals surface area contributed by atoms with Crippen molar-refractivity contribution in [3.63, 3.8) is 0 Å². The topological polar surface area (TPSA) is 109 Å². The van der Waals surface area contributed by atoms with E-state index in [9.17, 15) is 19.2 Å². The molecule has 0 rings (SSSR count). The third kappa shape index (κ3) is 15.7. The van der Waals surface area contributed by atoms with E-state index in [0.29, 0.717) is 18.4 Å². The molecule has 2 N–H and O–H groups in total. The van der Waals surface area contributed by atoms with Gasteiger partial charge >= 0.3 is 11.9 Å². The summed E-state index contributed by atoms with van der Waals surface area (Å²) in [5.74, 6) is -2.32. The summed E-state index contributed by atoms with van der Waals surface area (Å²) in [4.78, 5) is 43.2. The zero-order chi connectivity index (χ0) is 25.2. The van der Waals surface area contributed by atoms with Gasteiger partial charge in [0.1, 0.15) is 14.9 Å². The van der Waals surface area contributed by atoms with Gasteiger partial charge in [0.05, 0.1) is 0 Å². The van der Waals surface area contributed by atoms with Crippen LogP contribution < -0.4 is 0 Å². The number of carbonyl (C=O) groups is 4. The summed E-state index contributed by atoms with van der Waals surface area (Å²) in [5, 5.41) is 17.5. The Morgan fingerprint density at radius 2 is 1.31 bits per heavy atom. The van der Waals surface area contributed by atoms with Crippen LogP contribution in [-0.4, -0.2) is 42.9 Å². The van der Waals surface area contributed by atoms with Gasteiger partial charge in [-0.3, -0.25) is 14.4 Å². The highest BCUT2D eigenvalue weighted by atomic mass is 79.9. The first kappa shape index (κ1) is 33.2. The molecule has 0 aromatic carbocycles. The number of carboxylic acid groups (broad SMARTS) is 2. The molecule has 32 heavy (non-hydrogen) atoms. The molecule has 0 aliphatic carbocycles. The molecule has 2 unspecified atom stereocenters. The summed E-state index contributed by atoms with van der Waals surface area (Å²) in [6.07, 6.45) is 13.1. The lowest BCUT2D eigenvalue weighted by Gasteiger charge is -2.27. The van der Waals surface area contributed by atoms with E-state index in [4.69, 9.17) is 10.2 Å². The van der Waals surface area contributed by atoms with Gasteiger partial charge in [0.2, 0.25) is 0 Å². The Labute approximate surface area is 209 Å². The average molecular weight is 584 g/mol. The van der Waals surface area contributed by atoms with E-state index in [1.165, 1.54) is 39.5 Å². The fraction of sp³-hybridized carbons (Fsp3) is 0.750. The van der Waals surface area contributed by atoms with E-state index in [1.54, 1.807) is 0 Å². The van der Waals surface area contributed by atoms with Crippen LogP contribution in [0.15, 0.2) is 11.6 Å². The summed E-state index contributed by atoms with van der Waals surface area (Å²) in [6.45, 7) is 7.13. The largest absolute Gasteiger partial charge is 0.480 e. The van der Waals surface area contributed by atoms with E-state index in [-0.39, 0.29) is 11.6 Å². The number of hydrogen-bond donors (Lipinski definition) is 2. The van der Waals surface area contributed by atoms with Gasteiger partial charge in [-0.05, 0) is 33.1 Å². The molecule has 2 atom stereocenters. The van der Waals surface area contributed by atoms with Crippen molar-refractivity contribution < 1.29 is 29.4 Å². The number of allylic oxidation sites excluding steroid dienone is 1. The number of rotatable bonds is 17. The van der Waals surface area contributed by atoms with Crippen molar-refractivity contribution >= 4 is 55.4 Å². The van der Waals surface area contributed by atoms with Crippen molar-refractivity contribution in [1.82, 2.24) is 0 Å². The number of carbonyl (C=O) groups excluding carboxylic acids is 2. The Morgan fingerprint density at radius 3 is 1.69 bits per heavy atom. The van der Waals surface area contributed by atoms with Crippen molar-refractivity contribution in [3.8, 4) is 0 Å². The molecule has 0 fully saturated rings.